The van der Waals surface area contributed by atoms with Crippen LogP contribution in [0, 0.1) is 6.54 Å². The van der Waals surface area contributed by atoms with Crippen molar-refractivity contribution in [3.63, 3.8) is 0 Å². The molecule has 10 heavy (non-hydrogen) atoms. The molecule has 1 nitrogen and oxygen atoms in total. The van der Waals surface area contributed by atoms with Crippen LogP contribution in [0.25, 0.3) is 0 Å². The van der Waals surface area contributed by atoms with Crippen molar-refractivity contribution in [3.05, 3.63) is 6.54 Å². The second kappa shape index (κ2) is 2.54. The lowest BCUT2D eigenvalue weighted by Crippen LogP contribution is -2.40. The molecule has 57 valence electrons. The van der Waals surface area contributed by atoms with E-state index in [4.69, 9.17) is 0 Å². The summed E-state index contributed by atoms with van der Waals surface area (Å²) in [6.07, 6.45) is 9.88. The van der Waals surface area contributed by atoms with Crippen LogP contribution in [0.5, 0.6) is 0 Å². The van der Waals surface area contributed by atoms with Crippen LogP contribution < -0.4 is 5.32 Å². The normalized spacial score (nSPS) is 31.2. The van der Waals surface area contributed by atoms with Crippen molar-refractivity contribution >= 4 is 0 Å². The first-order valence-corrected chi connectivity index (χ1v) is 4.51. The average Bonchev–Trinajstić information content (AvgIpc) is 2.39. The smallest absolute Gasteiger partial charge is 0.0227 e. The Morgan fingerprint density at radius 2 is 1.80 bits per heavy atom. The summed E-state index contributed by atoms with van der Waals surface area (Å²) in [6, 6.07) is 0. The first kappa shape index (κ1) is 6.66. The second-order valence-electron chi connectivity index (χ2n) is 3.73. The Balaban J connectivity index is 1.98. The van der Waals surface area contributed by atoms with Gasteiger partial charge in [-0.2, -0.15) is 0 Å². The third kappa shape index (κ3) is 1.07. The van der Waals surface area contributed by atoms with E-state index in [1.165, 1.54) is 44.9 Å². The van der Waals surface area contributed by atoms with E-state index >= 15 is 0 Å². The third-order valence-electron chi connectivity index (χ3n) is 2.99. The molecular weight excluding hydrogens is 122 g/mol. The molecule has 0 atom stereocenters. The topological polar surface area (TPSA) is 12.0 Å². The maximum Gasteiger partial charge on any atom is 0.0227 e. The lowest BCUT2D eigenvalue weighted by Gasteiger charge is -2.33. The molecule has 2 rings (SSSR count). The SMILES string of the molecule is [CH]1CCC2(CCCCC2)N1. The summed E-state index contributed by atoms with van der Waals surface area (Å²) in [5.41, 5.74) is 0.568. The molecule has 1 saturated carbocycles. The fourth-order valence-corrected chi connectivity index (χ4v) is 2.33. The van der Waals surface area contributed by atoms with Crippen molar-refractivity contribution in [1.82, 2.24) is 5.32 Å². The highest BCUT2D eigenvalue weighted by Crippen LogP contribution is 2.35. The van der Waals surface area contributed by atoms with E-state index in [1.807, 2.05) is 0 Å². The Kier molecular flexibility index (Phi) is 1.69. The average molecular weight is 138 g/mol. The summed E-state index contributed by atoms with van der Waals surface area (Å²) in [7, 11) is 0. The Morgan fingerprint density at radius 3 is 2.40 bits per heavy atom. The maximum atomic E-state index is 3.55. The molecule has 0 bridgehead atoms. The summed E-state index contributed by atoms with van der Waals surface area (Å²) in [5.74, 6) is 0. The van der Waals surface area contributed by atoms with Crippen LogP contribution in [-0.4, -0.2) is 5.54 Å². The molecule has 1 heteroatoms. The summed E-state index contributed by atoms with van der Waals surface area (Å²) in [6.45, 7) is 2.26. The Morgan fingerprint density at radius 1 is 1.00 bits per heavy atom. The molecule has 2 aliphatic rings. The van der Waals surface area contributed by atoms with Gasteiger partial charge in [0.25, 0.3) is 0 Å². The lowest BCUT2D eigenvalue weighted by molar-refractivity contribution is 0.268. The number of nitrogens with one attached hydrogen (secondary N) is 1. The molecule has 0 unspecified atom stereocenters. The Labute approximate surface area is 63.2 Å². The zero-order valence-electron chi connectivity index (χ0n) is 6.53. The predicted molar refractivity (Wildman–Crippen MR) is 42.5 cm³/mol. The van der Waals surface area contributed by atoms with Crippen molar-refractivity contribution < 1.29 is 0 Å². The molecule has 1 spiro atoms. The van der Waals surface area contributed by atoms with Crippen molar-refractivity contribution in [2.45, 2.75) is 50.5 Å². The van der Waals surface area contributed by atoms with Crippen LogP contribution in [-0.2, 0) is 0 Å². The molecule has 2 fully saturated rings. The zero-order chi connectivity index (χ0) is 6.86. The molecule has 0 aromatic rings. The molecule has 1 N–H and O–H groups in total. The van der Waals surface area contributed by atoms with Gasteiger partial charge in [0, 0.05) is 12.1 Å². The number of hydrogen-bond acceptors (Lipinski definition) is 1. The second-order valence-corrected chi connectivity index (χ2v) is 3.73. The Bertz CT molecular complexity index is 106. The molecule has 1 saturated heterocycles. The zero-order valence-corrected chi connectivity index (χ0v) is 6.53. The van der Waals surface area contributed by atoms with E-state index in [-0.39, 0.29) is 0 Å². The van der Waals surface area contributed by atoms with Crippen LogP contribution in [0.1, 0.15) is 44.9 Å². The van der Waals surface area contributed by atoms with Gasteiger partial charge >= 0.3 is 0 Å². The Hall–Kier alpha value is -0.0400. The largest absolute Gasteiger partial charge is 0.307 e. The van der Waals surface area contributed by atoms with E-state index in [1.54, 1.807) is 0 Å². The summed E-state index contributed by atoms with van der Waals surface area (Å²) in [5, 5.41) is 3.55. The monoisotopic (exact) mass is 138 g/mol. The molecule has 1 aliphatic heterocycles. The van der Waals surface area contributed by atoms with Gasteiger partial charge in [-0.05, 0) is 25.7 Å². The van der Waals surface area contributed by atoms with Gasteiger partial charge in [0.2, 0.25) is 0 Å². The van der Waals surface area contributed by atoms with Crippen LogP contribution in [0.4, 0.5) is 0 Å². The highest BCUT2D eigenvalue weighted by Gasteiger charge is 2.34. The van der Waals surface area contributed by atoms with Gasteiger partial charge in [-0.1, -0.05) is 19.3 Å². The summed E-state index contributed by atoms with van der Waals surface area (Å²) < 4.78 is 0. The van der Waals surface area contributed by atoms with Crippen molar-refractivity contribution in [1.29, 1.82) is 0 Å². The predicted octanol–water partition coefficient (Wildman–Crippen LogP) is 2.23. The van der Waals surface area contributed by atoms with Gasteiger partial charge in [-0.3, -0.25) is 0 Å². The summed E-state index contributed by atoms with van der Waals surface area (Å²) in [4.78, 5) is 0. The fraction of sp³-hybridized carbons (Fsp3) is 0.889. The number of rotatable bonds is 0. The first-order chi connectivity index (χ1) is 4.91. The van der Waals surface area contributed by atoms with Gasteiger partial charge in [-0.25, -0.2) is 0 Å². The van der Waals surface area contributed by atoms with Gasteiger partial charge in [-0.15, -0.1) is 0 Å². The molecule has 1 aliphatic carbocycles. The highest BCUT2D eigenvalue weighted by atomic mass is 15.0. The van der Waals surface area contributed by atoms with Crippen molar-refractivity contribution in [2.24, 2.45) is 0 Å². The van der Waals surface area contributed by atoms with Crippen LogP contribution in [0.15, 0.2) is 0 Å². The molecule has 1 radical (unpaired) electrons. The van der Waals surface area contributed by atoms with Crippen LogP contribution >= 0.6 is 0 Å². The molecule has 0 aromatic carbocycles. The van der Waals surface area contributed by atoms with E-state index in [9.17, 15) is 0 Å². The third-order valence-corrected chi connectivity index (χ3v) is 2.99. The first-order valence-electron chi connectivity index (χ1n) is 4.51. The molecular formula is C9H16N. The van der Waals surface area contributed by atoms with Crippen LogP contribution in [0.2, 0.25) is 0 Å². The molecule has 1 heterocycles. The summed E-state index contributed by atoms with van der Waals surface area (Å²) >= 11 is 0. The maximum absolute atomic E-state index is 3.55. The van der Waals surface area contributed by atoms with E-state index < -0.39 is 0 Å². The minimum absolute atomic E-state index is 0.568. The van der Waals surface area contributed by atoms with Gasteiger partial charge in [0.15, 0.2) is 0 Å². The minimum Gasteiger partial charge on any atom is -0.307 e. The minimum atomic E-state index is 0.568. The fourth-order valence-electron chi connectivity index (χ4n) is 2.33. The van der Waals surface area contributed by atoms with E-state index in [2.05, 4.69) is 11.9 Å². The molecule has 0 amide bonds. The van der Waals surface area contributed by atoms with Crippen LogP contribution in [0.3, 0.4) is 0 Å². The molecule has 0 aromatic heterocycles. The van der Waals surface area contributed by atoms with Gasteiger partial charge < -0.3 is 5.32 Å². The number of hydrogen-bond donors (Lipinski definition) is 1. The lowest BCUT2D eigenvalue weighted by atomic mass is 9.81. The van der Waals surface area contributed by atoms with Crippen molar-refractivity contribution in [2.75, 3.05) is 0 Å². The van der Waals surface area contributed by atoms with Crippen molar-refractivity contribution in [3.8, 4) is 0 Å². The van der Waals surface area contributed by atoms with E-state index in [0.29, 0.717) is 5.54 Å². The highest BCUT2D eigenvalue weighted by molar-refractivity contribution is 4.98. The van der Waals surface area contributed by atoms with Gasteiger partial charge in [0.05, 0.1) is 0 Å². The van der Waals surface area contributed by atoms with E-state index in [0.717, 1.165) is 0 Å². The quantitative estimate of drug-likeness (QED) is 0.541. The standard InChI is InChI=1S/C9H16N/c1-2-5-9(6-3-1)7-4-8-10-9/h8,10H,1-7H2. The van der Waals surface area contributed by atoms with Gasteiger partial charge in [0.1, 0.15) is 0 Å².